The Kier molecular flexibility index (Phi) is 7.50. The molecule has 1 atom stereocenters. The zero-order chi connectivity index (χ0) is 22.3. The Hall–Kier alpha value is -3.09. The van der Waals surface area contributed by atoms with Crippen LogP contribution in [0.1, 0.15) is 18.4 Å². The Balaban J connectivity index is 1.50. The second kappa shape index (κ2) is 10.3. The molecule has 1 fully saturated rings. The van der Waals surface area contributed by atoms with Crippen molar-refractivity contribution in [1.29, 1.82) is 5.26 Å². The largest absolute Gasteiger partial charge is 0.497 e. The van der Waals surface area contributed by atoms with E-state index in [9.17, 15) is 13.2 Å². The molecule has 1 heterocycles. The van der Waals surface area contributed by atoms with Gasteiger partial charge in [0.1, 0.15) is 24.7 Å². The van der Waals surface area contributed by atoms with Crippen LogP contribution in [-0.2, 0) is 19.6 Å². The van der Waals surface area contributed by atoms with Crippen LogP contribution in [0.2, 0.25) is 0 Å². The maximum Gasteiger partial charge on any atom is 0.310 e. The molecule has 9 heteroatoms. The van der Waals surface area contributed by atoms with Crippen LogP contribution in [0.5, 0.6) is 11.5 Å². The monoisotopic (exact) mass is 444 g/mol. The van der Waals surface area contributed by atoms with Gasteiger partial charge in [0.05, 0.1) is 29.6 Å². The van der Waals surface area contributed by atoms with Gasteiger partial charge in [0, 0.05) is 13.1 Å². The molecule has 31 heavy (non-hydrogen) atoms. The van der Waals surface area contributed by atoms with E-state index in [0.29, 0.717) is 36.4 Å². The number of carbonyl (C=O) groups excluding carboxylic acids is 1. The number of nitrogens with zero attached hydrogens (tertiary/aromatic N) is 2. The van der Waals surface area contributed by atoms with E-state index in [1.165, 1.54) is 23.5 Å². The van der Waals surface area contributed by atoms with Crippen LogP contribution in [0, 0.1) is 17.2 Å². The van der Waals surface area contributed by atoms with Gasteiger partial charge in [0.15, 0.2) is 0 Å². The lowest BCUT2D eigenvalue weighted by Gasteiger charge is -2.30. The molecular weight excluding hydrogens is 420 g/mol. The van der Waals surface area contributed by atoms with Crippen LogP contribution in [0.3, 0.4) is 0 Å². The van der Waals surface area contributed by atoms with Crippen molar-refractivity contribution < 1.29 is 27.4 Å². The summed E-state index contributed by atoms with van der Waals surface area (Å²) in [5.41, 5.74) is 0.533. The summed E-state index contributed by atoms with van der Waals surface area (Å²) in [6.45, 7) is 0.669. The van der Waals surface area contributed by atoms with Gasteiger partial charge in [-0.1, -0.05) is 0 Å². The average Bonchev–Trinajstić information content (AvgIpc) is 2.82. The first-order valence-corrected chi connectivity index (χ1v) is 11.3. The van der Waals surface area contributed by atoms with E-state index in [1.54, 1.807) is 36.4 Å². The average molecular weight is 445 g/mol. The number of carbonyl (C=O) groups is 1. The fraction of sp³-hybridized carbons (Fsp3) is 0.364. The molecule has 0 aromatic heterocycles. The molecule has 2 aromatic rings. The van der Waals surface area contributed by atoms with Gasteiger partial charge in [-0.15, -0.1) is 0 Å². The lowest BCUT2D eigenvalue weighted by molar-refractivity contribution is -0.150. The van der Waals surface area contributed by atoms with Gasteiger partial charge in [-0.2, -0.15) is 9.57 Å². The summed E-state index contributed by atoms with van der Waals surface area (Å²) < 4.78 is 43.0. The normalized spacial score (nSPS) is 16.8. The number of sulfonamides is 1. The molecule has 2 aromatic carbocycles. The summed E-state index contributed by atoms with van der Waals surface area (Å²) >= 11 is 0. The minimum Gasteiger partial charge on any atom is -0.497 e. The van der Waals surface area contributed by atoms with Gasteiger partial charge >= 0.3 is 5.97 Å². The van der Waals surface area contributed by atoms with Crippen LogP contribution in [0.25, 0.3) is 0 Å². The molecule has 1 unspecified atom stereocenters. The van der Waals surface area contributed by atoms with Gasteiger partial charge < -0.3 is 14.2 Å². The molecule has 0 saturated carbocycles. The summed E-state index contributed by atoms with van der Waals surface area (Å²) in [6.07, 6.45) is 1.15. The van der Waals surface area contributed by atoms with Crippen molar-refractivity contribution in [2.24, 2.45) is 5.92 Å². The van der Waals surface area contributed by atoms with Crippen molar-refractivity contribution >= 4 is 16.0 Å². The van der Waals surface area contributed by atoms with E-state index >= 15 is 0 Å². The first kappa shape index (κ1) is 22.6. The number of piperidine rings is 1. The first-order chi connectivity index (χ1) is 14.9. The number of rotatable bonds is 8. The predicted molar refractivity (Wildman–Crippen MR) is 112 cm³/mol. The SMILES string of the molecule is COc1ccc(S(=O)(=O)N2CCCC(C(=O)OCCOc3ccc(C#N)cc3)C2)cc1. The fourth-order valence-corrected chi connectivity index (χ4v) is 4.82. The third-order valence-electron chi connectivity index (χ3n) is 4.99. The molecule has 8 nitrogen and oxygen atoms in total. The molecule has 0 amide bonds. The molecule has 1 aliphatic rings. The van der Waals surface area contributed by atoms with Crippen molar-refractivity contribution in [3.63, 3.8) is 0 Å². The molecule has 164 valence electrons. The molecule has 1 aliphatic heterocycles. The predicted octanol–water partition coefficient (Wildman–Crippen LogP) is 2.59. The van der Waals surface area contributed by atoms with Crippen molar-refractivity contribution in [2.45, 2.75) is 17.7 Å². The van der Waals surface area contributed by atoms with Gasteiger partial charge in [0.25, 0.3) is 0 Å². The number of hydrogen-bond acceptors (Lipinski definition) is 7. The van der Waals surface area contributed by atoms with E-state index in [4.69, 9.17) is 19.5 Å². The molecule has 1 saturated heterocycles. The van der Waals surface area contributed by atoms with E-state index in [0.717, 1.165) is 0 Å². The van der Waals surface area contributed by atoms with E-state index in [1.807, 2.05) is 6.07 Å². The van der Waals surface area contributed by atoms with Crippen LogP contribution in [0.4, 0.5) is 0 Å². The first-order valence-electron chi connectivity index (χ1n) is 9.88. The molecule has 0 bridgehead atoms. The summed E-state index contributed by atoms with van der Waals surface area (Å²) in [4.78, 5) is 12.6. The minimum absolute atomic E-state index is 0.0561. The van der Waals surface area contributed by atoms with E-state index in [-0.39, 0.29) is 24.7 Å². The highest BCUT2D eigenvalue weighted by atomic mass is 32.2. The van der Waals surface area contributed by atoms with Crippen LogP contribution in [-0.4, -0.2) is 52.1 Å². The smallest absolute Gasteiger partial charge is 0.310 e. The van der Waals surface area contributed by atoms with Crippen LogP contribution < -0.4 is 9.47 Å². The van der Waals surface area contributed by atoms with Gasteiger partial charge in [-0.05, 0) is 61.4 Å². The van der Waals surface area contributed by atoms with Gasteiger partial charge in [-0.25, -0.2) is 8.42 Å². The number of hydrogen-bond donors (Lipinski definition) is 0. The third-order valence-corrected chi connectivity index (χ3v) is 6.87. The molecule has 3 rings (SSSR count). The maximum absolute atomic E-state index is 12.9. The summed E-state index contributed by atoms with van der Waals surface area (Å²) in [5.74, 6) is 0.196. The van der Waals surface area contributed by atoms with Crippen molar-refractivity contribution in [3.05, 3.63) is 54.1 Å². The number of ether oxygens (including phenoxy) is 3. The molecule has 0 aliphatic carbocycles. The van der Waals surface area contributed by atoms with Gasteiger partial charge in [-0.3, -0.25) is 4.79 Å². The fourth-order valence-electron chi connectivity index (χ4n) is 3.30. The number of nitriles is 1. The quantitative estimate of drug-likeness (QED) is 0.455. The summed E-state index contributed by atoms with van der Waals surface area (Å²) in [7, 11) is -2.18. The number of methoxy groups -OCH3 is 1. The Bertz CT molecular complexity index is 1030. The highest BCUT2D eigenvalue weighted by Crippen LogP contribution is 2.25. The molecule has 0 radical (unpaired) electrons. The highest BCUT2D eigenvalue weighted by molar-refractivity contribution is 7.89. The number of esters is 1. The third kappa shape index (κ3) is 5.75. The van der Waals surface area contributed by atoms with E-state index in [2.05, 4.69) is 0 Å². The molecular formula is C22H24N2O6S. The van der Waals surface area contributed by atoms with Crippen LogP contribution in [0.15, 0.2) is 53.4 Å². The Morgan fingerprint density at radius 2 is 1.77 bits per heavy atom. The van der Waals surface area contributed by atoms with Gasteiger partial charge in [0.2, 0.25) is 10.0 Å². The molecule has 0 N–H and O–H groups in total. The number of benzene rings is 2. The second-order valence-corrected chi connectivity index (χ2v) is 8.97. The Morgan fingerprint density at radius 3 is 2.42 bits per heavy atom. The standard InChI is InChI=1S/C22H24N2O6S/c1-28-19-8-10-21(11-9-19)31(26,27)24-12-2-3-18(16-24)22(25)30-14-13-29-20-6-4-17(15-23)5-7-20/h4-11,18H,2-3,12-14,16H2,1H3. The van der Waals surface area contributed by atoms with Crippen LogP contribution >= 0.6 is 0 Å². The van der Waals surface area contributed by atoms with Crippen molar-refractivity contribution in [2.75, 3.05) is 33.4 Å². The summed E-state index contributed by atoms with van der Waals surface area (Å²) in [5, 5.41) is 8.79. The Morgan fingerprint density at radius 1 is 1.10 bits per heavy atom. The van der Waals surface area contributed by atoms with Crippen molar-refractivity contribution in [3.8, 4) is 17.6 Å². The zero-order valence-electron chi connectivity index (χ0n) is 17.2. The highest BCUT2D eigenvalue weighted by Gasteiger charge is 2.34. The minimum atomic E-state index is -3.70. The zero-order valence-corrected chi connectivity index (χ0v) is 18.0. The topological polar surface area (TPSA) is 106 Å². The lowest BCUT2D eigenvalue weighted by Crippen LogP contribution is -2.42. The molecule has 0 spiro atoms. The van der Waals surface area contributed by atoms with E-state index < -0.39 is 21.9 Å². The maximum atomic E-state index is 12.9. The van der Waals surface area contributed by atoms with Crippen molar-refractivity contribution in [1.82, 2.24) is 4.31 Å². The Labute approximate surface area is 182 Å². The lowest BCUT2D eigenvalue weighted by atomic mass is 10.0. The second-order valence-electron chi connectivity index (χ2n) is 7.03. The summed E-state index contributed by atoms with van der Waals surface area (Å²) in [6, 6.07) is 14.8.